The van der Waals surface area contributed by atoms with Gasteiger partial charge < -0.3 is 9.64 Å². The fourth-order valence-corrected chi connectivity index (χ4v) is 4.12. The summed E-state index contributed by atoms with van der Waals surface area (Å²) in [7, 11) is 0.673. The Morgan fingerprint density at radius 1 is 1.42 bits per heavy atom. The molecule has 1 aliphatic heterocycles. The monoisotopic (exact) mass is 292 g/mol. The van der Waals surface area contributed by atoms with E-state index in [1.807, 2.05) is 19.0 Å². The smallest absolute Gasteiger partial charge is 0.327 e. The van der Waals surface area contributed by atoms with Crippen molar-refractivity contribution >= 4 is 15.8 Å². The summed E-state index contributed by atoms with van der Waals surface area (Å²) in [6, 6.07) is 0. The number of carbonyl (C=O) groups is 1. The summed E-state index contributed by atoms with van der Waals surface area (Å²) < 4.78 is 28.7. The summed E-state index contributed by atoms with van der Waals surface area (Å²) >= 11 is 0. The van der Waals surface area contributed by atoms with E-state index in [1.54, 1.807) is 6.92 Å². The molecule has 19 heavy (non-hydrogen) atoms. The van der Waals surface area contributed by atoms with Crippen molar-refractivity contribution in [3.8, 4) is 0 Å². The van der Waals surface area contributed by atoms with E-state index in [1.165, 1.54) is 0 Å². The molecule has 112 valence electrons. The van der Waals surface area contributed by atoms with E-state index in [2.05, 4.69) is 5.32 Å². The van der Waals surface area contributed by atoms with Crippen LogP contribution in [0.3, 0.4) is 0 Å². The van der Waals surface area contributed by atoms with E-state index in [4.69, 9.17) is 4.74 Å². The highest BCUT2D eigenvalue weighted by molar-refractivity contribution is 7.91. The molecule has 0 saturated carbocycles. The predicted molar refractivity (Wildman–Crippen MR) is 73.8 cm³/mol. The second-order valence-corrected chi connectivity index (χ2v) is 7.41. The van der Waals surface area contributed by atoms with Gasteiger partial charge in [0.1, 0.15) is 5.54 Å². The molecule has 1 aliphatic rings. The van der Waals surface area contributed by atoms with Crippen molar-refractivity contribution in [1.82, 2.24) is 10.2 Å². The second-order valence-electron chi connectivity index (χ2n) is 5.23. The minimum absolute atomic E-state index is 0.156. The van der Waals surface area contributed by atoms with E-state index in [0.29, 0.717) is 19.4 Å². The van der Waals surface area contributed by atoms with Crippen LogP contribution in [0.5, 0.6) is 0 Å². The van der Waals surface area contributed by atoms with Crippen LogP contribution in [0, 0.1) is 0 Å². The van der Waals surface area contributed by atoms with Crippen LogP contribution in [0.1, 0.15) is 19.8 Å². The summed E-state index contributed by atoms with van der Waals surface area (Å²) in [4.78, 5) is 14.1. The van der Waals surface area contributed by atoms with E-state index in [-0.39, 0.29) is 18.1 Å². The third-order valence-electron chi connectivity index (χ3n) is 3.21. The molecule has 1 fully saturated rings. The van der Waals surface area contributed by atoms with Gasteiger partial charge in [-0.05, 0) is 33.9 Å². The van der Waals surface area contributed by atoms with Crippen molar-refractivity contribution in [1.29, 1.82) is 0 Å². The largest absolute Gasteiger partial charge is 0.465 e. The van der Waals surface area contributed by atoms with Crippen LogP contribution in [0.15, 0.2) is 0 Å². The van der Waals surface area contributed by atoms with Gasteiger partial charge in [0, 0.05) is 13.1 Å². The molecule has 1 atom stereocenters. The standard InChI is InChI=1S/C12H24N2O4S/c1-4-18-11(15)12(13-7-8-14(2)3)6-5-9-19(16,17)10-12/h13H,4-10H2,1-3H3. The van der Waals surface area contributed by atoms with Gasteiger partial charge in [0.2, 0.25) is 0 Å². The zero-order chi connectivity index (χ0) is 14.5. The number of nitrogens with zero attached hydrogens (tertiary/aromatic N) is 1. The summed E-state index contributed by atoms with van der Waals surface area (Å²) in [6.45, 7) is 3.28. The Balaban J connectivity index is 2.81. The quantitative estimate of drug-likeness (QED) is 0.674. The first-order valence-electron chi connectivity index (χ1n) is 6.59. The lowest BCUT2D eigenvalue weighted by molar-refractivity contribution is -0.150. The summed E-state index contributed by atoms with van der Waals surface area (Å²) in [5.74, 6) is -0.451. The molecule has 7 heteroatoms. The lowest BCUT2D eigenvalue weighted by Crippen LogP contribution is -2.60. The fourth-order valence-electron chi connectivity index (χ4n) is 2.27. The first kappa shape index (κ1) is 16.4. The lowest BCUT2D eigenvalue weighted by Gasteiger charge is -2.35. The highest BCUT2D eigenvalue weighted by Gasteiger charge is 2.45. The molecule has 1 rings (SSSR count). The van der Waals surface area contributed by atoms with Gasteiger partial charge in [-0.1, -0.05) is 0 Å². The Kier molecular flexibility index (Phi) is 5.76. The molecule has 1 heterocycles. The lowest BCUT2D eigenvalue weighted by atomic mass is 9.95. The number of sulfone groups is 1. The van der Waals surface area contributed by atoms with Crippen LogP contribution >= 0.6 is 0 Å². The molecule has 1 N–H and O–H groups in total. The zero-order valence-electron chi connectivity index (χ0n) is 11.9. The van der Waals surface area contributed by atoms with Gasteiger partial charge in [0.15, 0.2) is 9.84 Å². The molecule has 0 aliphatic carbocycles. The second kappa shape index (κ2) is 6.67. The Labute approximate surface area is 115 Å². The van der Waals surface area contributed by atoms with E-state index < -0.39 is 21.3 Å². The third-order valence-corrected chi connectivity index (χ3v) is 5.06. The highest BCUT2D eigenvalue weighted by atomic mass is 32.2. The van der Waals surface area contributed by atoms with Crippen molar-refractivity contribution in [3.63, 3.8) is 0 Å². The topological polar surface area (TPSA) is 75.7 Å². The Hall–Kier alpha value is -0.660. The molecule has 0 aromatic rings. The van der Waals surface area contributed by atoms with E-state index >= 15 is 0 Å². The Morgan fingerprint density at radius 2 is 2.11 bits per heavy atom. The molecule has 0 spiro atoms. The van der Waals surface area contributed by atoms with Crippen molar-refractivity contribution in [2.45, 2.75) is 25.3 Å². The number of carbonyl (C=O) groups excluding carboxylic acids is 1. The van der Waals surface area contributed by atoms with E-state index in [9.17, 15) is 13.2 Å². The summed E-state index contributed by atoms with van der Waals surface area (Å²) in [5.41, 5.74) is -1.07. The number of hydrogen-bond donors (Lipinski definition) is 1. The van der Waals surface area contributed by atoms with Crippen LogP contribution in [0.2, 0.25) is 0 Å². The van der Waals surface area contributed by atoms with Crippen LogP contribution in [0.25, 0.3) is 0 Å². The minimum atomic E-state index is -3.18. The van der Waals surface area contributed by atoms with Gasteiger partial charge in [-0.15, -0.1) is 0 Å². The molecular weight excluding hydrogens is 268 g/mol. The number of likely N-dealkylation sites (N-methyl/N-ethyl adjacent to an activating group) is 1. The number of esters is 1. The maximum atomic E-state index is 12.1. The molecular formula is C12H24N2O4S. The van der Waals surface area contributed by atoms with Gasteiger partial charge in [0.25, 0.3) is 0 Å². The number of hydrogen-bond acceptors (Lipinski definition) is 6. The Morgan fingerprint density at radius 3 is 2.63 bits per heavy atom. The summed E-state index contributed by atoms with van der Waals surface area (Å²) in [5, 5.41) is 3.11. The maximum absolute atomic E-state index is 12.1. The van der Waals surface area contributed by atoms with Crippen molar-refractivity contribution in [3.05, 3.63) is 0 Å². The highest BCUT2D eigenvalue weighted by Crippen LogP contribution is 2.24. The average Bonchev–Trinajstić information content (AvgIpc) is 2.27. The van der Waals surface area contributed by atoms with E-state index in [0.717, 1.165) is 6.54 Å². The molecule has 0 amide bonds. The zero-order valence-corrected chi connectivity index (χ0v) is 12.8. The van der Waals surface area contributed by atoms with Gasteiger partial charge in [-0.3, -0.25) is 10.1 Å². The first-order valence-corrected chi connectivity index (χ1v) is 8.41. The summed E-state index contributed by atoms with van der Waals surface area (Å²) in [6.07, 6.45) is 1.01. The third kappa shape index (κ3) is 4.74. The number of ether oxygens (including phenoxy) is 1. The van der Waals surface area contributed by atoms with Gasteiger partial charge in [0.05, 0.1) is 18.1 Å². The van der Waals surface area contributed by atoms with Crippen LogP contribution in [-0.4, -0.2) is 70.1 Å². The van der Waals surface area contributed by atoms with Crippen LogP contribution in [-0.2, 0) is 19.4 Å². The molecule has 6 nitrogen and oxygen atoms in total. The van der Waals surface area contributed by atoms with Gasteiger partial charge in [-0.2, -0.15) is 0 Å². The Bertz CT molecular complexity index is 408. The normalized spacial score (nSPS) is 26.3. The average molecular weight is 292 g/mol. The molecule has 0 radical (unpaired) electrons. The predicted octanol–water partition coefficient (Wildman–Crippen LogP) is -0.352. The van der Waals surface area contributed by atoms with Gasteiger partial charge >= 0.3 is 5.97 Å². The molecule has 1 saturated heterocycles. The maximum Gasteiger partial charge on any atom is 0.327 e. The molecule has 1 unspecified atom stereocenters. The molecule has 0 aromatic carbocycles. The molecule has 0 aromatic heterocycles. The number of rotatable bonds is 6. The van der Waals surface area contributed by atoms with Crippen LogP contribution in [0.4, 0.5) is 0 Å². The minimum Gasteiger partial charge on any atom is -0.465 e. The number of nitrogens with one attached hydrogen (secondary N) is 1. The van der Waals surface area contributed by atoms with Crippen LogP contribution < -0.4 is 5.32 Å². The SMILES string of the molecule is CCOC(=O)C1(NCCN(C)C)CCCS(=O)(=O)C1. The first-order chi connectivity index (χ1) is 8.81. The fraction of sp³-hybridized carbons (Fsp3) is 0.917. The van der Waals surface area contributed by atoms with Crippen molar-refractivity contribution in [2.75, 3.05) is 45.3 Å². The van der Waals surface area contributed by atoms with Crippen molar-refractivity contribution in [2.24, 2.45) is 0 Å². The van der Waals surface area contributed by atoms with Gasteiger partial charge in [-0.25, -0.2) is 8.42 Å². The molecule has 0 bridgehead atoms. The van der Waals surface area contributed by atoms with Crippen molar-refractivity contribution < 1.29 is 17.9 Å².